The van der Waals surface area contributed by atoms with E-state index in [0.29, 0.717) is 23.8 Å². The van der Waals surface area contributed by atoms with Crippen LogP contribution in [0.15, 0.2) is 0 Å². The summed E-state index contributed by atoms with van der Waals surface area (Å²) in [6, 6.07) is 0.403. The van der Waals surface area contributed by atoms with Crippen LogP contribution in [0.5, 0.6) is 0 Å². The number of nitrogens with two attached hydrogens (primary N) is 1. The highest BCUT2D eigenvalue weighted by molar-refractivity contribution is 5.78. The zero-order valence-electron chi connectivity index (χ0n) is 10.8. The standard InChI is InChI=1S/C14H26N2O/c15-13-8-6-11(7-9-13)10-16-14(17)12-4-2-1-3-5-12/h11-13H,1-10,15H2,(H,16,17). The molecule has 0 atom stereocenters. The normalized spacial score (nSPS) is 31.1. The lowest BCUT2D eigenvalue weighted by molar-refractivity contribution is -0.126. The zero-order valence-corrected chi connectivity index (χ0v) is 10.8. The fraction of sp³-hybridized carbons (Fsp3) is 0.929. The topological polar surface area (TPSA) is 55.1 Å². The first kappa shape index (κ1) is 12.9. The monoisotopic (exact) mass is 238 g/mol. The summed E-state index contributed by atoms with van der Waals surface area (Å²) in [6.45, 7) is 0.877. The van der Waals surface area contributed by atoms with E-state index in [4.69, 9.17) is 5.73 Å². The van der Waals surface area contributed by atoms with Crippen molar-refractivity contribution in [2.45, 2.75) is 63.8 Å². The number of hydrogen-bond acceptors (Lipinski definition) is 2. The highest BCUT2D eigenvalue weighted by Gasteiger charge is 2.23. The Balaban J connectivity index is 1.65. The van der Waals surface area contributed by atoms with E-state index in [9.17, 15) is 4.79 Å². The van der Waals surface area contributed by atoms with Gasteiger partial charge in [0.05, 0.1) is 0 Å². The predicted octanol–water partition coefficient (Wildman–Crippen LogP) is 2.20. The molecule has 2 aliphatic rings. The summed E-state index contributed by atoms with van der Waals surface area (Å²) in [4.78, 5) is 12.0. The van der Waals surface area contributed by atoms with Crippen LogP contribution >= 0.6 is 0 Å². The van der Waals surface area contributed by atoms with Crippen LogP contribution in [0.25, 0.3) is 0 Å². The van der Waals surface area contributed by atoms with Crippen molar-refractivity contribution in [2.75, 3.05) is 6.54 Å². The van der Waals surface area contributed by atoms with E-state index in [1.165, 1.54) is 32.1 Å². The van der Waals surface area contributed by atoms with Crippen LogP contribution in [0, 0.1) is 11.8 Å². The van der Waals surface area contributed by atoms with Crippen LogP contribution in [0.3, 0.4) is 0 Å². The molecule has 0 aromatic rings. The molecule has 98 valence electrons. The van der Waals surface area contributed by atoms with Crippen molar-refractivity contribution in [3.8, 4) is 0 Å². The number of rotatable bonds is 3. The fourth-order valence-corrected chi connectivity index (χ4v) is 3.15. The second-order valence-electron chi connectivity index (χ2n) is 5.86. The lowest BCUT2D eigenvalue weighted by Crippen LogP contribution is -2.37. The summed E-state index contributed by atoms with van der Waals surface area (Å²) < 4.78 is 0. The van der Waals surface area contributed by atoms with Crippen molar-refractivity contribution < 1.29 is 4.79 Å². The molecule has 0 saturated heterocycles. The van der Waals surface area contributed by atoms with Gasteiger partial charge >= 0.3 is 0 Å². The van der Waals surface area contributed by atoms with Gasteiger partial charge in [0.1, 0.15) is 0 Å². The van der Waals surface area contributed by atoms with Gasteiger partial charge in [-0.25, -0.2) is 0 Å². The number of hydrogen-bond donors (Lipinski definition) is 2. The van der Waals surface area contributed by atoms with E-state index in [1.807, 2.05) is 0 Å². The van der Waals surface area contributed by atoms with Crippen molar-refractivity contribution in [3.63, 3.8) is 0 Å². The van der Waals surface area contributed by atoms with Gasteiger partial charge in [-0.1, -0.05) is 19.3 Å². The molecule has 3 nitrogen and oxygen atoms in total. The summed E-state index contributed by atoms with van der Waals surface area (Å²) in [7, 11) is 0. The molecule has 0 aliphatic heterocycles. The maximum Gasteiger partial charge on any atom is 0.223 e. The molecule has 0 radical (unpaired) electrons. The van der Waals surface area contributed by atoms with Gasteiger partial charge in [0.2, 0.25) is 5.91 Å². The Labute approximate surface area is 105 Å². The molecule has 3 N–H and O–H groups in total. The molecule has 0 unspecified atom stereocenters. The Kier molecular flexibility index (Phi) is 4.84. The molecule has 0 aromatic heterocycles. The Morgan fingerprint density at radius 3 is 2.29 bits per heavy atom. The lowest BCUT2D eigenvalue weighted by atomic mass is 9.85. The summed E-state index contributed by atoms with van der Waals surface area (Å²) >= 11 is 0. The average molecular weight is 238 g/mol. The maximum atomic E-state index is 12.0. The first-order chi connectivity index (χ1) is 8.25. The fourth-order valence-electron chi connectivity index (χ4n) is 3.15. The molecule has 1 amide bonds. The summed E-state index contributed by atoms with van der Waals surface area (Å²) in [5.74, 6) is 1.27. The van der Waals surface area contributed by atoms with E-state index >= 15 is 0 Å². The lowest BCUT2D eigenvalue weighted by Gasteiger charge is -2.27. The SMILES string of the molecule is NC1CCC(CNC(=O)C2CCCCC2)CC1. The van der Waals surface area contributed by atoms with E-state index in [2.05, 4.69) is 5.32 Å². The maximum absolute atomic E-state index is 12.0. The van der Waals surface area contributed by atoms with E-state index in [1.54, 1.807) is 0 Å². The Morgan fingerprint density at radius 2 is 1.65 bits per heavy atom. The molecular weight excluding hydrogens is 212 g/mol. The van der Waals surface area contributed by atoms with Gasteiger partial charge in [0, 0.05) is 18.5 Å². The number of nitrogens with one attached hydrogen (secondary N) is 1. The third kappa shape index (κ3) is 3.98. The smallest absolute Gasteiger partial charge is 0.223 e. The van der Waals surface area contributed by atoms with Crippen LogP contribution in [0.2, 0.25) is 0 Å². The largest absolute Gasteiger partial charge is 0.356 e. The molecule has 2 saturated carbocycles. The molecule has 0 spiro atoms. The Hall–Kier alpha value is -0.570. The molecule has 3 heteroatoms. The minimum Gasteiger partial charge on any atom is -0.356 e. The van der Waals surface area contributed by atoms with Crippen LogP contribution in [-0.4, -0.2) is 18.5 Å². The van der Waals surface area contributed by atoms with Crippen molar-refractivity contribution in [1.82, 2.24) is 5.32 Å². The molecule has 2 rings (SSSR count). The second-order valence-corrected chi connectivity index (χ2v) is 5.86. The highest BCUT2D eigenvalue weighted by atomic mass is 16.1. The van der Waals surface area contributed by atoms with Gasteiger partial charge in [0.25, 0.3) is 0 Å². The molecule has 0 bridgehead atoms. The second kappa shape index (κ2) is 6.39. The van der Waals surface area contributed by atoms with E-state index < -0.39 is 0 Å². The number of carbonyl (C=O) groups is 1. The Bertz CT molecular complexity index is 241. The first-order valence-corrected chi connectivity index (χ1v) is 7.29. The summed E-state index contributed by atoms with van der Waals surface area (Å²) in [6.07, 6.45) is 10.6. The first-order valence-electron chi connectivity index (χ1n) is 7.29. The molecule has 0 heterocycles. The summed E-state index contributed by atoms with van der Waals surface area (Å²) in [5, 5.41) is 3.16. The van der Waals surface area contributed by atoms with Crippen LogP contribution in [-0.2, 0) is 4.79 Å². The van der Waals surface area contributed by atoms with Gasteiger partial charge in [-0.2, -0.15) is 0 Å². The Morgan fingerprint density at radius 1 is 1.00 bits per heavy atom. The quantitative estimate of drug-likeness (QED) is 0.792. The number of carbonyl (C=O) groups excluding carboxylic acids is 1. The highest BCUT2D eigenvalue weighted by Crippen LogP contribution is 2.25. The molecular formula is C14H26N2O. The molecule has 2 aliphatic carbocycles. The van der Waals surface area contributed by atoms with Gasteiger partial charge in [-0.3, -0.25) is 4.79 Å². The minimum absolute atomic E-state index is 0.301. The van der Waals surface area contributed by atoms with Crippen molar-refractivity contribution in [1.29, 1.82) is 0 Å². The van der Waals surface area contributed by atoms with Gasteiger partial charge in [-0.15, -0.1) is 0 Å². The van der Waals surface area contributed by atoms with Gasteiger partial charge < -0.3 is 11.1 Å². The predicted molar refractivity (Wildman–Crippen MR) is 69.5 cm³/mol. The van der Waals surface area contributed by atoms with Crippen molar-refractivity contribution >= 4 is 5.91 Å². The molecule has 2 fully saturated rings. The molecule has 0 aromatic carbocycles. The molecule has 17 heavy (non-hydrogen) atoms. The van der Waals surface area contributed by atoms with Crippen molar-refractivity contribution in [3.05, 3.63) is 0 Å². The van der Waals surface area contributed by atoms with Gasteiger partial charge in [0.15, 0.2) is 0 Å². The van der Waals surface area contributed by atoms with Crippen LogP contribution in [0.4, 0.5) is 0 Å². The van der Waals surface area contributed by atoms with E-state index in [-0.39, 0.29) is 0 Å². The van der Waals surface area contributed by atoms with Crippen LogP contribution in [0.1, 0.15) is 57.8 Å². The number of amides is 1. The minimum atomic E-state index is 0.301. The average Bonchev–Trinajstić information content (AvgIpc) is 2.39. The third-order valence-corrected chi connectivity index (χ3v) is 4.43. The zero-order chi connectivity index (χ0) is 12.1. The van der Waals surface area contributed by atoms with Gasteiger partial charge in [-0.05, 0) is 44.4 Å². The third-order valence-electron chi connectivity index (χ3n) is 4.43. The van der Waals surface area contributed by atoms with Crippen molar-refractivity contribution in [2.24, 2.45) is 17.6 Å². The van der Waals surface area contributed by atoms with E-state index in [0.717, 1.165) is 32.2 Å². The summed E-state index contributed by atoms with van der Waals surface area (Å²) in [5.41, 5.74) is 5.88. The van der Waals surface area contributed by atoms with Crippen LogP contribution < -0.4 is 11.1 Å².